The molecule has 0 amide bonds. The van der Waals surface area contributed by atoms with Crippen LogP contribution in [0.4, 0.5) is 5.69 Å². The minimum atomic E-state index is 0.119. The fraction of sp³-hybridized carbons (Fsp3) is 0.286. The minimum Gasteiger partial charge on any atom is -0.288 e. The highest BCUT2D eigenvalue weighted by molar-refractivity contribution is 8.04. The molecule has 3 aliphatic rings. The van der Waals surface area contributed by atoms with Gasteiger partial charge < -0.3 is 0 Å². The van der Waals surface area contributed by atoms with Gasteiger partial charge in [0.2, 0.25) is 5.78 Å². The summed E-state index contributed by atoms with van der Waals surface area (Å²) in [6.45, 7) is 0. The van der Waals surface area contributed by atoms with E-state index in [4.69, 9.17) is 0 Å². The molecule has 2 fully saturated rings. The summed E-state index contributed by atoms with van der Waals surface area (Å²) in [7, 11) is 0. The number of allylic oxidation sites excluding steroid dienone is 1. The van der Waals surface area contributed by atoms with E-state index < -0.39 is 0 Å². The van der Waals surface area contributed by atoms with Gasteiger partial charge in [0.1, 0.15) is 0 Å². The number of rotatable bonds is 1. The summed E-state index contributed by atoms with van der Waals surface area (Å²) in [5.41, 5.74) is 6.98. The molecule has 5 rings (SSSR count). The van der Waals surface area contributed by atoms with Crippen molar-refractivity contribution < 1.29 is 4.79 Å². The number of Topliss-reactive ketones (excluding diaryl/α,β-unsaturated/α-hetero) is 1. The Balaban J connectivity index is 1.62. The van der Waals surface area contributed by atoms with E-state index >= 15 is 0 Å². The molecule has 3 nitrogen and oxygen atoms in total. The molecule has 1 saturated heterocycles. The Morgan fingerprint density at radius 1 is 0.960 bits per heavy atom. The number of hydrogen-bond donors (Lipinski definition) is 1. The van der Waals surface area contributed by atoms with Gasteiger partial charge in [-0.1, -0.05) is 54.9 Å². The summed E-state index contributed by atoms with van der Waals surface area (Å²) in [5, 5.41) is 2.18. The molecule has 0 aromatic heterocycles. The second-order valence-electron chi connectivity index (χ2n) is 7.15. The number of hydrazine groups is 1. The molecular weight excluding hydrogens is 328 g/mol. The van der Waals surface area contributed by atoms with Gasteiger partial charge in [-0.2, -0.15) is 0 Å². The van der Waals surface area contributed by atoms with Crippen LogP contribution in [-0.2, 0) is 0 Å². The molecule has 0 bridgehead atoms. The lowest BCUT2D eigenvalue weighted by atomic mass is 9.94. The first-order valence-corrected chi connectivity index (χ1v) is 9.75. The van der Waals surface area contributed by atoms with Crippen molar-refractivity contribution in [1.82, 2.24) is 5.43 Å². The van der Waals surface area contributed by atoms with Gasteiger partial charge in [0.15, 0.2) is 0 Å². The zero-order valence-electron chi connectivity index (χ0n) is 14.0. The fourth-order valence-electron chi connectivity index (χ4n) is 4.28. The van der Waals surface area contributed by atoms with Crippen molar-refractivity contribution in [1.29, 1.82) is 0 Å². The first kappa shape index (κ1) is 15.2. The third-order valence-electron chi connectivity index (χ3n) is 5.51. The summed E-state index contributed by atoms with van der Waals surface area (Å²) in [6.07, 6.45) is 5.82. The number of nitrogens with zero attached hydrogens (tertiary/aromatic N) is 1. The molecule has 2 aromatic rings. The minimum absolute atomic E-state index is 0.119. The van der Waals surface area contributed by atoms with E-state index in [2.05, 4.69) is 34.7 Å². The van der Waals surface area contributed by atoms with Crippen molar-refractivity contribution in [2.24, 2.45) is 0 Å². The molecule has 1 N–H and O–H groups in total. The number of anilines is 1. The predicted molar refractivity (Wildman–Crippen MR) is 102 cm³/mol. The van der Waals surface area contributed by atoms with E-state index in [0.717, 1.165) is 33.2 Å². The van der Waals surface area contributed by atoms with Crippen LogP contribution in [0.25, 0.3) is 0 Å². The third kappa shape index (κ3) is 2.43. The van der Waals surface area contributed by atoms with Gasteiger partial charge in [-0.15, -0.1) is 0 Å². The number of thioether (sulfide) groups is 1. The molecule has 2 aliphatic heterocycles. The van der Waals surface area contributed by atoms with Crippen molar-refractivity contribution in [3.8, 4) is 0 Å². The van der Waals surface area contributed by atoms with Crippen LogP contribution in [0, 0.1) is 0 Å². The molecule has 2 aromatic carbocycles. The lowest BCUT2D eigenvalue weighted by Gasteiger charge is -2.26. The van der Waals surface area contributed by atoms with Crippen molar-refractivity contribution in [3.05, 3.63) is 70.8 Å². The number of hydrogen-bond acceptors (Lipinski definition) is 4. The van der Waals surface area contributed by atoms with Crippen molar-refractivity contribution in [3.63, 3.8) is 0 Å². The third-order valence-corrected chi connectivity index (χ3v) is 6.71. The summed E-state index contributed by atoms with van der Waals surface area (Å²) in [6, 6.07) is 18.3. The Hall–Kier alpha value is -2.04. The summed E-state index contributed by atoms with van der Waals surface area (Å²) in [4.78, 5) is 15.0. The molecule has 0 radical (unpaired) electrons. The zero-order chi connectivity index (χ0) is 16.9. The molecule has 126 valence electrons. The molecule has 1 aliphatic carbocycles. The second-order valence-corrected chi connectivity index (χ2v) is 8.20. The molecule has 1 spiro atoms. The number of nitrogens with one attached hydrogen (secondary N) is 1. The first-order valence-electron chi connectivity index (χ1n) is 8.94. The Bertz CT molecular complexity index is 868. The van der Waals surface area contributed by atoms with Gasteiger partial charge in [-0.05, 0) is 37.1 Å². The van der Waals surface area contributed by atoms with Crippen LogP contribution in [0.3, 0.4) is 0 Å². The quantitative estimate of drug-likeness (QED) is 0.742. The average molecular weight is 348 g/mol. The highest BCUT2D eigenvalue weighted by Crippen LogP contribution is 2.48. The first-order chi connectivity index (χ1) is 12.3. The Labute approximate surface area is 152 Å². The number of carbonyl (C=O) groups is 1. The Morgan fingerprint density at radius 3 is 2.44 bits per heavy atom. The highest BCUT2D eigenvalue weighted by atomic mass is 32.2. The summed E-state index contributed by atoms with van der Waals surface area (Å²) >= 11 is 1.63. The number of para-hydroxylation sites is 1. The van der Waals surface area contributed by atoms with Crippen LogP contribution >= 0.6 is 11.8 Å². The van der Waals surface area contributed by atoms with Gasteiger partial charge in [-0.3, -0.25) is 9.80 Å². The van der Waals surface area contributed by atoms with Gasteiger partial charge in [0.05, 0.1) is 16.3 Å². The molecule has 25 heavy (non-hydrogen) atoms. The van der Waals surface area contributed by atoms with E-state index in [1.807, 2.05) is 30.3 Å². The molecule has 0 unspecified atom stereocenters. The van der Waals surface area contributed by atoms with Crippen LogP contribution in [0.5, 0.6) is 0 Å². The highest BCUT2D eigenvalue weighted by Gasteiger charge is 2.45. The topological polar surface area (TPSA) is 32.3 Å². The smallest absolute Gasteiger partial charge is 0.202 e. The summed E-state index contributed by atoms with van der Waals surface area (Å²) < 4.78 is 0. The van der Waals surface area contributed by atoms with Crippen molar-refractivity contribution >= 4 is 23.2 Å². The lowest BCUT2D eigenvalue weighted by Crippen LogP contribution is -2.43. The fourth-order valence-corrected chi connectivity index (χ4v) is 5.40. The van der Waals surface area contributed by atoms with Crippen molar-refractivity contribution in [2.45, 2.75) is 42.5 Å². The molecule has 1 saturated carbocycles. The van der Waals surface area contributed by atoms with Crippen LogP contribution in [0.2, 0.25) is 0 Å². The maximum atomic E-state index is 13.0. The molecular formula is C21H20N2OS. The Kier molecular flexibility index (Phi) is 3.50. The van der Waals surface area contributed by atoms with E-state index in [1.165, 1.54) is 25.7 Å². The maximum Gasteiger partial charge on any atom is 0.202 e. The molecule has 2 heterocycles. The number of ketones is 1. The molecule has 4 heteroatoms. The van der Waals surface area contributed by atoms with Crippen LogP contribution in [-0.4, -0.2) is 11.3 Å². The van der Waals surface area contributed by atoms with E-state index in [-0.39, 0.29) is 11.3 Å². The number of fused-ring (bicyclic) bond motifs is 1. The number of carbonyl (C=O) groups excluding carboxylic acids is 1. The van der Waals surface area contributed by atoms with E-state index in [1.54, 1.807) is 11.8 Å². The SMILES string of the molecule is O=C1/C(=C2\CC3(CCCC3)NN2c2ccccc2)Sc2ccccc21. The van der Waals surface area contributed by atoms with E-state index in [9.17, 15) is 4.79 Å². The van der Waals surface area contributed by atoms with Gasteiger partial charge >= 0.3 is 0 Å². The average Bonchev–Trinajstić information content (AvgIpc) is 3.35. The lowest BCUT2D eigenvalue weighted by molar-refractivity contribution is 0.104. The summed E-state index contributed by atoms with van der Waals surface area (Å²) in [5.74, 6) is 0.174. The normalized spacial score (nSPS) is 24.3. The van der Waals surface area contributed by atoms with E-state index in [0.29, 0.717) is 0 Å². The monoisotopic (exact) mass is 348 g/mol. The van der Waals surface area contributed by atoms with Crippen LogP contribution < -0.4 is 10.4 Å². The van der Waals surface area contributed by atoms with Gasteiger partial charge in [-0.25, -0.2) is 5.43 Å². The van der Waals surface area contributed by atoms with Gasteiger partial charge in [0, 0.05) is 22.4 Å². The second kappa shape index (κ2) is 5.75. The Morgan fingerprint density at radius 2 is 1.68 bits per heavy atom. The van der Waals surface area contributed by atoms with Crippen LogP contribution in [0.15, 0.2) is 70.1 Å². The maximum absolute atomic E-state index is 13.0. The van der Waals surface area contributed by atoms with Gasteiger partial charge in [0.25, 0.3) is 0 Å². The molecule has 0 atom stereocenters. The van der Waals surface area contributed by atoms with Crippen molar-refractivity contribution in [2.75, 3.05) is 5.01 Å². The standard InChI is InChI=1S/C21H20N2OS/c24-19-16-10-4-5-11-18(16)25-20(19)17-14-21(12-6-7-13-21)22-23(17)15-8-2-1-3-9-15/h1-5,8-11,22H,6-7,12-14H2/b20-17-. The number of benzene rings is 2. The largest absolute Gasteiger partial charge is 0.288 e. The van der Waals surface area contributed by atoms with Crippen LogP contribution in [0.1, 0.15) is 42.5 Å². The zero-order valence-corrected chi connectivity index (χ0v) is 14.8. The predicted octanol–water partition coefficient (Wildman–Crippen LogP) is 4.91.